The SMILES string of the molecule is CC(O[B]c1ccc2c(c1)C1(c3ccccc3-2)c2ccccc2-c2c1ccc1c2oc2ccccc21)C(C)(C)P. The molecule has 40 heavy (non-hydrogen) atoms. The average Bonchev–Trinajstić information content (AvgIpc) is 3.59. The lowest BCUT2D eigenvalue weighted by molar-refractivity contribution is 0.200. The van der Waals surface area contributed by atoms with Gasteiger partial charge in [0.1, 0.15) is 11.2 Å². The largest absolute Gasteiger partial charge is 0.455 e. The maximum Gasteiger partial charge on any atom is 0.330 e. The molecule has 5 aromatic carbocycles. The Morgan fingerprint density at radius 3 is 2.20 bits per heavy atom. The van der Waals surface area contributed by atoms with E-state index in [1.54, 1.807) is 0 Å². The Hall–Kier alpha value is -3.65. The molecule has 0 N–H and O–H groups in total. The number of hydrogen-bond donors (Lipinski definition) is 0. The van der Waals surface area contributed by atoms with Crippen molar-refractivity contribution >= 4 is 44.1 Å². The van der Waals surface area contributed by atoms with E-state index in [2.05, 4.69) is 127 Å². The molecule has 0 fully saturated rings. The van der Waals surface area contributed by atoms with Gasteiger partial charge in [0.25, 0.3) is 0 Å². The van der Waals surface area contributed by atoms with E-state index in [0.717, 1.165) is 27.4 Å². The summed E-state index contributed by atoms with van der Waals surface area (Å²) >= 11 is 0. The molecule has 193 valence electrons. The molecule has 2 aliphatic carbocycles. The van der Waals surface area contributed by atoms with Crippen LogP contribution < -0.4 is 5.46 Å². The first kappa shape index (κ1) is 24.2. The molecule has 8 rings (SSSR count). The smallest absolute Gasteiger partial charge is 0.330 e. The molecule has 1 spiro atoms. The normalized spacial score (nSPS) is 17.6. The number of furan rings is 1. The summed E-state index contributed by atoms with van der Waals surface area (Å²) in [6.45, 7) is 6.47. The van der Waals surface area contributed by atoms with Crippen LogP contribution in [0.3, 0.4) is 0 Å². The highest BCUT2D eigenvalue weighted by molar-refractivity contribution is 7.19. The molecule has 3 atom stereocenters. The van der Waals surface area contributed by atoms with Crippen LogP contribution in [0.2, 0.25) is 0 Å². The second-order valence-electron chi connectivity index (χ2n) is 11.8. The van der Waals surface area contributed by atoms with Crippen molar-refractivity contribution in [1.82, 2.24) is 0 Å². The first-order chi connectivity index (χ1) is 19.4. The van der Waals surface area contributed by atoms with Gasteiger partial charge in [-0.2, -0.15) is 0 Å². The van der Waals surface area contributed by atoms with Crippen LogP contribution in [0, 0.1) is 0 Å². The van der Waals surface area contributed by atoms with Gasteiger partial charge >= 0.3 is 7.48 Å². The number of benzene rings is 5. The Morgan fingerprint density at radius 2 is 1.40 bits per heavy atom. The van der Waals surface area contributed by atoms with Crippen LogP contribution in [0.15, 0.2) is 108 Å². The molecule has 0 aliphatic heterocycles. The van der Waals surface area contributed by atoms with Gasteiger partial charge in [-0.15, -0.1) is 9.24 Å². The van der Waals surface area contributed by atoms with E-state index in [-0.39, 0.29) is 11.3 Å². The molecular weight excluding hydrogens is 506 g/mol. The molecule has 2 nitrogen and oxygen atoms in total. The Kier molecular flexibility index (Phi) is 5.10. The predicted molar refractivity (Wildman–Crippen MR) is 170 cm³/mol. The van der Waals surface area contributed by atoms with Crippen molar-refractivity contribution in [2.24, 2.45) is 0 Å². The molecule has 0 saturated heterocycles. The molecule has 4 heteroatoms. The maximum atomic E-state index is 6.62. The van der Waals surface area contributed by atoms with Gasteiger partial charge in [0, 0.05) is 27.6 Å². The molecule has 2 aliphatic rings. The van der Waals surface area contributed by atoms with E-state index in [4.69, 9.17) is 9.07 Å². The Balaban J connectivity index is 1.42. The van der Waals surface area contributed by atoms with Crippen LogP contribution in [-0.4, -0.2) is 18.7 Å². The van der Waals surface area contributed by atoms with Gasteiger partial charge in [-0.05, 0) is 51.9 Å². The average molecular weight is 535 g/mol. The molecule has 0 saturated carbocycles. The zero-order valence-electron chi connectivity index (χ0n) is 22.9. The number of fused-ring (bicyclic) bond motifs is 14. The third-order valence-electron chi connectivity index (χ3n) is 9.08. The highest BCUT2D eigenvalue weighted by Gasteiger charge is 2.52. The van der Waals surface area contributed by atoms with Crippen molar-refractivity contribution in [3.8, 4) is 22.3 Å². The minimum absolute atomic E-state index is 0.0219. The number of hydrogen-bond acceptors (Lipinski definition) is 2. The van der Waals surface area contributed by atoms with Crippen LogP contribution in [-0.2, 0) is 10.1 Å². The van der Waals surface area contributed by atoms with E-state index in [1.807, 2.05) is 13.5 Å². The van der Waals surface area contributed by atoms with Gasteiger partial charge < -0.3 is 9.07 Å². The van der Waals surface area contributed by atoms with Crippen molar-refractivity contribution in [1.29, 1.82) is 0 Å². The lowest BCUT2D eigenvalue weighted by Gasteiger charge is -2.31. The summed E-state index contributed by atoms with van der Waals surface area (Å²) in [4.78, 5) is 0. The second kappa shape index (κ2) is 8.43. The summed E-state index contributed by atoms with van der Waals surface area (Å²) in [5.41, 5.74) is 12.8. The van der Waals surface area contributed by atoms with Gasteiger partial charge in [-0.3, -0.25) is 0 Å². The molecule has 0 amide bonds. The first-order valence-electron chi connectivity index (χ1n) is 14.0. The van der Waals surface area contributed by atoms with Gasteiger partial charge in [-0.1, -0.05) is 116 Å². The highest BCUT2D eigenvalue weighted by atomic mass is 31.0. The molecule has 3 unspecified atom stereocenters. The number of rotatable bonds is 4. The van der Waals surface area contributed by atoms with Crippen LogP contribution >= 0.6 is 9.24 Å². The topological polar surface area (TPSA) is 22.4 Å². The Morgan fingerprint density at radius 1 is 0.725 bits per heavy atom. The quantitative estimate of drug-likeness (QED) is 0.167. The van der Waals surface area contributed by atoms with E-state index < -0.39 is 5.41 Å². The standard InChI is InChI=1S/C36H29BO2P/c1-21(35(2,3)40)39-37-22-16-17-24-23-10-4-7-13-28(23)36(31(24)20-22)29-14-8-5-12-27(29)33-30(36)19-18-26-25-11-6-9-15-32(25)38-34(26)33/h4-21H,40H2,1-3H3. The molecule has 0 bridgehead atoms. The highest BCUT2D eigenvalue weighted by Crippen LogP contribution is 2.63. The van der Waals surface area contributed by atoms with Crippen LogP contribution in [0.5, 0.6) is 0 Å². The van der Waals surface area contributed by atoms with Crippen molar-refractivity contribution in [2.45, 2.75) is 37.4 Å². The maximum absolute atomic E-state index is 6.62. The Labute approximate surface area is 237 Å². The van der Waals surface area contributed by atoms with Gasteiger partial charge in [0.15, 0.2) is 0 Å². The van der Waals surface area contributed by atoms with E-state index in [1.165, 1.54) is 44.5 Å². The first-order valence-corrected chi connectivity index (χ1v) is 14.5. The van der Waals surface area contributed by atoms with Crippen LogP contribution in [0.1, 0.15) is 43.0 Å². The van der Waals surface area contributed by atoms with Gasteiger partial charge in [0.05, 0.1) is 5.41 Å². The van der Waals surface area contributed by atoms with E-state index >= 15 is 0 Å². The zero-order chi connectivity index (χ0) is 27.2. The summed E-state index contributed by atoms with van der Waals surface area (Å²) in [6, 6.07) is 37.5. The fourth-order valence-electron chi connectivity index (χ4n) is 6.85. The monoisotopic (exact) mass is 535 g/mol. The molecule has 1 radical (unpaired) electrons. The van der Waals surface area contributed by atoms with Gasteiger partial charge in [-0.25, -0.2) is 0 Å². The van der Waals surface area contributed by atoms with Crippen molar-refractivity contribution in [2.75, 3.05) is 0 Å². The molecule has 1 aromatic heterocycles. The fourth-order valence-corrected chi connectivity index (χ4v) is 6.93. The third kappa shape index (κ3) is 3.14. The summed E-state index contributed by atoms with van der Waals surface area (Å²) in [6.07, 6.45) is 0.0613. The summed E-state index contributed by atoms with van der Waals surface area (Å²) in [5, 5.41) is 2.30. The molecular formula is C36H29BO2P. The lowest BCUT2D eigenvalue weighted by atomic mass is 9.69. The number of para-hydroxylation sites is 1. The van der Waals surface area contributed by atoms with Crippen LogP contribution in [0.25, 0.3) is 44.2 Å². The molecule has 1 heterocycles. The summed E-state index contributed by atoms with van der Waals surface area (Å²) in [7, 11) is 4.82. The zero-order valence-corrected chi connectivity index (χ0v) is 24.0. The van der Waals surface area contributed by atoms with Crippen LogP contribution in [0.4, 0.5) is 0 Å². The minimum atomic E-state index is -0.430. The fraction of sp³-hybridized carbons (Fsp3) is 0.167. The Bertz CT molecular complexity index is 1980. The second-order valence-corrected chi connectivity index (χ2v) is 13.3. The van der Waals surface area contributed by atoms with E-state index in [9.17, 15) is 0 Å². The lowest BCUT2D eigenvalue weighted by Crippen LogP contribution is -2.34. The van der Waals surface area contributed by atoms with Crippen molar-refractivity contribution in [3.05, 3.63) is 125 Å². The van der Waals surface area contributed by atoms with Crippen molar-refractivity contribution < 1.29 is 9.07 Å². The van der Waals surface area contributed by atoms with E-state index in [0.29, 0.717) is 0 Å². The predicted octanol–water partition coefficient (Wildman–Crippen LogP) is 8.23. The van der Waals surface area contributed by atoms with Gasteiger partial charge in [0.2, 0.25) is 0 Å². The summed E-state index contributed by atoms with van der Waals surface area (Å²) in [5.74, 6) is 0. The minimum Gasteiger partial charge on any atom is -0.455 e. The summed E-state index contributed by atoms with van der Waals surface area (Å²) < 4.78 is 12.9. The van der Waals surface area contributed by atoms with Crippen molar-refractivity contribution in [3.63, 3.8) is 0 Å². The molecule has 6 aromatic rings. The third-order valence-corrected chi connectivity index (χ3v) is 9.55.